The Hall–Kier alpha value is -1.55. The highest BCUT2D eigenvalue weighted by molar-refractivity contribution is 5.97. The van der Waals surface area contributed by atoms with Crippen molar-refractivity contribution in [1.82, 2.24) is 4.90 Å². The third-order valence-electron chi connectivity index (χ3n) is 4.13. The molecule has 1 aliphatic rings. The van der Waals surface area contributed by atoms with Gasteiger partial charge >= 0.3 is 0 Å². The molecule has 1 atom stereocenters. The van der Waals surface area contributed by atoms with Crippen molar-refractivity contribution in [3.8, 4) is 5.75 Å². The summed E-state index contributed by atoms with van der Waals surface area (Å²) in [6.45, 7) is 3.51. The summed E-state index contributed by atoms with van der Waals surface area (Å²) in [7, 11) is 3.32. The predicted molar refractivity (Wildman–Crippen MR) is 82.9 cm³/mol. The normalized spacial score (nSPS) is 18.6. The van der Waals surface area contributed by atoms with E-state index in [0.29, 0.717) is 17.9 Å². The molecule has 0 aliphatic carbocycles. The monoisotopic (exact) mass is 291 g/mol. The van der Waals surface area contributed by atoms with Crippen LogP contribution < -0.4 is 4.74 Å². The molecule has 0 N–H and O–H groups in total. The lowest BCUT2D eigenvalue weighted by Crippen LogP contribution is -2.44. The van der Waals surface area contributed by atoms with Gasteiger partial charge in [0.25, 0.3) is 5.91 Å². The zero-order valence-electron chi connectivity index (χ0n) is 13.2. The van der Waals surface area contributed by atoms with E-state index in [-0.39, 0.29) is 11.9 Å². The maximum absolute atomic E-state index is 12.9. The average Bonchev–Trinajstić information content (AvgIpc) is 2.52. The summed E-state index contributed by atoms with van der Waals surface area (Å²) in [5.74, 6) is 0.734. The second-order valence-electron chi connectivity index (χ2n) is 5.63. The molecule has 4 heteroatoms. The predicted octanol–water partition coefficient (Wildman–Crippen LogP) is 3.03. The van der Waals surface area contributed by atoms with Crippen LogP contribution in [0.4, 0.5) is 0 Å². The largest absolute Gasteiger partial charge is 0.496 e. The number of ether oxygens (including phenoxy) is 2. The van der Waals surface area contributed by atoms with E-state index >= 15 is 0 Å². The van der Waals surface area contributed by atoms with Crippen molar-refractivity contribution in [3.63, 3.8) is 0 Å². The van der Waals surface area contributed by atoms with Crippen LogP contribution in [-0.4, -0.2) is 44.2 Å². The first kappa shape index (κ1) is 15.8. The van der Waals surface area contributed by atoms with E-state index in [1.807, 2.05) is 30.0 Å². The van der Waals surface area contributed by atoms with Crippen LogP contribution in [0.15, 0.2) is 18.2 Å². The SMILES string of the molecule is COCC[C@H]1CCCCN1C(=O)c1cc(C)ccc1OC. The van der Waals surface area contributed by atoms with Gasteiger partial charge in [0.05, 0.1) is 12.7 Å². The third-order valence-corrected chi connectivity index (χ3v) is 4.13. The van der Waals surface area contributed by atoms with Crippen molar-refractivity contribution < 1.29 is 14.3 Å². The van der Waals surface area contributed by atoms with E-state index in [2.05, 4.69) is 0 Å². The Morgan fingerprint density at radius 1 is 1.33 bits per heavy atom. The van der Waals surface area contributed by atoms with Crippen LogP contribution in [0.3, 0.4) is 0 Å². The summed E-state index contributed by atoms with van der Waals surface area (Å²) in [6.07, 6.45) is 4.21. The van der Waals surface area contributed by atoms with Gasteiger partial charge in [-0.1, -0.05) is 11.6 Å². The standard InChI is InChI=1S/C17H25NO3/c1-13-7-8-16(21-3)15(12-13)17(19)18-10-5-4-6-14(18)9-11-20-2/h7-8,12,14H,4-6,9-11H2,1-3H3/t14-/m1/s1. The zero-order valence-corrected chi connectivity index (χ0v) is 13.2. The van der Waals surface area contributed by atoms with Gasteiger partial charge in [0, 0.05) is 26.3 Å². The molecule has 2 rings (SSSR count). The fourth-order valence-corrected chi connectivity index (χ4v) is 2.97. The van der Waals surface area contributed by atoms with Gasteiger partial charge in [-0.3, -0.25) is 4.79 Å². The lowest BCUT2D eigenvalue weighted by Gasteiger charge is -2.36. The molecule has 116 valence electrons. The summed E-state index contributed by atoms with van der Waals surface area (Å²) in [4.78, 5) is 14.9. The van der Waals surface area contributed by atoms with Gasteiger partial charge in [0.2, 0.25) is 0 Å². The molecule has 1 amide bonds. The van der Waals surface area contributed by atoms with E-state index in [0.717, 1.165) is 31.4 Å². The molecule has 0 spiro atoms. The summed E-state index contributed by atoms with van der Waals surface area (Å²) >= 11 is 0. The number of piperidine rings is 1. The number of hydrogen-bond acceptors (Lipinski definition) is 3. The highest BCUT2D eigenvalue weighted by Crippen LogP contribution is 2.26. The lowest BCUT2D eigenvalue weighted by atomic mass is 9.98. The number of amides is 1. The van der Waals surface area contributed by atoms with E-state index < -0.39 is 0 Å². The van der Waals surface area contributed by atoms with Crippen molar-refractivity contribution in [1.29, 1.82) is 0 Å². The van der Waals surface area contributed by atoms with Crippen molar-refractivity contribution in [3.05, 3.63) is 29.3 Å². The molecule has 0 aromatic heterocycles. The first-order chi connectivity index (χ1) is 10.2. The van der Waals surface area contributed by atoms with Crippen molar-refractivity contribution in [2.75, 3.05) is 27.4 Å². The number of methoxy groups -OCH3 is 2. The summed E-state index contributed by atoms with van der Waals surface area (Å²) < 4.78 is 10.5. The first-order valence-electron chi connectivity index (χ1n) is 7.62. The van der Waals surface area contributed by atoms with Crippen LogP contribution in [0.2, 0.25) is 0 Å². The van der Waals surface area contributed by atoms with Crippen LogP contribution in [-0.2, 0) is 4.74 Å². The first-order valence-corrected chi connectivity index (χ1v) is 7.62. The Morgan fingerprint density at radius 2 is 2.14 bits per heavy atom. The minimum absolute atomic E-state index is 0.0800. The number of nitrogens with zero attached hydrogens (tertiary/aromatic N) is 1. The quantitative estimate of drug-likeness (QED) is 0.837. The maximum atomic E-state index is 12.9. The fraction of sp³-hybridized carbons (Fsp3) is 0.588. The molecule has 21 heavy (non-hydrogen) atoms. The van der Waals surface area contributed by atoms with Crippen molar-refractivity contribution in [2.24, 2.45) is 0 Å². The number of rotatable bonds is 5. The Morgan fingerprint density at radius 3 is 2.86 bits per heavy atom. The molecular formula is C17H25NO3. The Labute approximate surface area is 127 Å². The summed E-state index contributed by atoms with van der Waals surface area (Å²) in [5, 5.41) is 0. The Bertz CT molecular complexity index is 487. The molecule has 1 saturated heterocycles. The molecule has 1 heterocycles. The van der Waals surface area contributed by atoms with Gasteiger partial charge in [-0.25, -0.2) is 0 Å². The molecule has 0 bridgehead atoms. The lowest BCUT2D eigenvalue weighted by molar-refractivity contribution is 0.0550. The van der Waals surface area contributed by atoms with Crippen LogP contribution in [0, 0.1) is 6.92 Å². The number of carbonyl (C=O) groups is 1. The van der Waals surface area contributed by atoms with Gasteiger partial charge < -0.3 is 14.4 Å². The molecule has 1 aromatic rings. The van der Waals surface area contributed by atoms with Crippen LogP contribution in [0.25, 0.3) is 0 Å². The van der Waals surface area contributed by atoms with Gasteiger partial charge in [-0.2, -0.15) is 0 Å². The van der Waals surface area contributed by atoms with Crippen molar-refractivity contribution >= 4 is 5.91 Å². The zero-order chi connectivity index (χ0) is 15.2. The number of hydrogen-bond donors (Lipinski definition) is 0. The molecular weight excluding hydrogens is 266 g/mol. The van der Waals surface area contributed by atoms with E-state index in [1.165, 1.54) is 6.42 Å². The average molecular weight is 291 g/mol. The number of likely N-dealkylation sites (tertiary alicyclic amines) is 1. The smallest absolute Gasteiger partial charge is 0.257 e. The second kappa shape index (κ2) is 7.46. The van der Waals surface area contributed by atoms with E-state index in [9.17, 15) is 4.79 Å². The highest BCUT2D eigenvalue weighted by Gasteiger charge is 2.28. The molecule has 0 radical (unpaired) electrons. The molecule has 1 fully saturated rings. The minimum Gasteiger partial charge on any atom is -0.496 e. The van der Waals surface area contributed by atoms with Crippen molar-refractivity contribution in [2.45, 2.75) is 38.6 Å². The summed E-state index contributed by atoms with van der Waals surface area (Å²) in [5.41, 5.74) is 1.74. The topological polar surface area (TPSA) is 38.8 Å². The van der Waals surface area contributed by atoms with Gasteiger partial charge in [0.1, 0.15) is 5.75 Å². The molecule has 1 aliphatic heterocycles. The minimum atomic E-state index is 0.0800. The van der Waals surface area contributed by atoms with Crippen LogP contribution >= 0.6 is 0 Å². The molecule has 0 unspecified atom stereocenters. The fourth-order valence-electron chi connectivity index (χ4n) is 2.97. The third kappa shape index (κ3) is 3.76. The van der Waals surface area contributed by atoms with Gasteiger partial charge in [-0.05, 0) is 44.7 Å². The maximum Gasteiger partial charge on any atom is 0.257 e. The highest BCUT2D eigenvalue weighted by atomic mass is 16.5. The Balaban J connectivity index is 2.22. The second-order valence-corrected chi connectivity index (χ2v) is 5.63. The van der Waals surface area contributed by atoms with E-state index in [4.69, 9.17) is 9.47 Å². The molecule has 4 nitrogen and oxygen atoms in total. The number of benzene rings is 1. The number of carbonyl (C=O) groups excluding carboxylic acids is 1. The Kier molecular flexibility index (Phi) is 5.62. The summed E-state index contributed by atoms with van der Waals surface area (Å²) in [6, 6.07) is 6.03. The molecule has 1 aromatic carbocycles. The van der Waals surface area contributed by atoms with Gasteiger partial charge in [-0.15, -0.1) is 0 Å². The number of aryl methyl sites for hydroxylation is 1. The van der Waals surface area contributed by atoms with Gasteiger partial charge in [0.15, 0.2) is 0 Å². The van der Waals surface area contributed by atoms with Crippen LogP contribution in [0.1, 0.15) is 41.6 Å². The molecule has 0 saturated carbocycles. The van der Waals surface area contributed by atoms with E-state index in [1.54, 1.807) is 14.2 Å². The van der Waals surface area contributed by atoms with Crippen LogP contribution in [0.5, 0.6) is 5.75 Å².